The van der Waals surface area contributed by atoms with Gasteiger partial charge in [-0.1, -0.05) is 43.7 Å². The van der Waals surface area contributed by atoms with Crippen molar-refractivity contribution >= 4 is 17.6 Å². The van der Waals surface area contributed by atoms with Crippen LogP contribution in [0.2, 0.25) is 0 Å². The van der Waals surface area contributed by atoms with Gasteiger partial charge in [0.25, 0.3) is 0 Å². The van der Waals surface area contributed by atoms with Crippen LogP contribution in [0.25, 0.3) is 11.6 Å². The third kappa shape index (κ3) is 2.53. The van der Waals surface area contributed by atoms with E-state index in [1.165, 1.54) is 18.2 Å². The lowest BCUT2D eigenvalue weighted by atomic mass is 9.99. The Morgan fingerprint density at radius 2 is 2.11 bits per heavy atom. The van der Waals surface area contributed by atoms with Crippen molar-refractivity contribution in [2.45, 2.75) is 26.2 Å². The summed E-state index contributed by atoms with van der Waals surface area (Å²) in [4.78, 5) is 11.5. The number of allylic oxidation sites excluding steroid dienone is 2. The van der Waals surface area contributed by atoms with E-state index in [9.17, 15) is 4.79 Å². The van der Waals surface area contributed by atoms with Crippen molar-refractivity contribution in [2.75, 3.05) is 7.11 Å². The van der Waals surface area contributed by atoms with Gasteiger partial charge in [-0.25, -0.2) is 4.79 Å². The molecule has 0 saturated carbocycles. The molecule has 0 atom stereocenters. The number of esters is 1. The van der Waals surface area contributed by atoms with E-state index in [4.69, 9.17) is 4.74 Å². The van der Waals surface area contributed by atoms with E-state index >= 15 is 0 Å². The minimum absolute atomic E-state index is 0.288. The van der Waals surface area contributed by atoms with Crippen LogP contribution in [0.15, 0.2) is 35.9 Å². The van der Waals surface area contributed by atoms with Crippen LogP contribution < -0.4 is 0 Å². The zero-order valence-electron chi connectivity index (χ0n) is 10.9. The maximum atomic E-state index is 11.5. The minimum atomic E-state index is -0.288. The van der Waals surface area contributed by atoms with Crippen molar-refractivity contribution in [1.29, 1.82) is 0 Å². The van der Waals surface area contributed by atoms with Crippen molar-refractivity contribution < 1.29 is 9.53 Å². The van der Waals surface area contributed by atoms with E-state index < -0.39 is 0 Å². The number of unbranched alkanes of at least 4 members (excludes halogenated alkanes) is 1. The molecule has 1 aromatic rings. The minimum Gasteiger partial charge on any atom is -0.466 e. The number of ether oxygens (including phenoxy) is 1. The summed E-state index contributed by atoms with van der Waals surface area (Å²) >= 11 is 0. The molecule has 1 aliphatic carbocycles. The molecule has 0 aliphatic heterocycles. The second kappa shape index (κ2) is 5.67. The molecule has 0 heterocycles. The Kier molecular flexibility index (Phi) is 3.98. The Morgan fingerprint density at radius 1 is 1.33 bits per heavy atom. The highest BCUT2D eigenvalue weighted by Crippen LogP contribution is 2.37. The molecule has 0 spiro atoms. The fraction of sp³-hybridized carbons (Fsp3) is 0.312. The first-order valence-electron chi connectivity index (χ1n) is 6.36. The third-order valence-electron chi connectivity index (χ3n) is 3.19. The first-order chi connectivity index (χ1) is 8.76. The van der Waals surface area contributed by atoms with Gasteiger partial charge >= 0.3 is 5.97 Å². The van der Waals surface area contributed by atoms with Crippen LogP contribution in [0.5, 0.6) is 0 Å². The number of hydrogen-bond donors (Lipinski definition) is 0. The van der Waals surface area contributed by atoms with Crippen LogP contribution >= 0.6 is 0 Å². The van der Waals surface area contributed by atoms with Gasteiger partial charge in [0.2, 0.25) is 0 Å². The van der Waals surface area contributed by atoms with Crippen molar-refractivity contribution in [1.82, 2.24) is 0 Å². The lowest BCUT2D eigenvalue weighted by molar-refractivity contribution is -0.134. The zero-order chi connectivity index (χ0) is 13.0. The van der Waals surface area contributed by atoms with Crippen LogP contribution in [0.4, 0.5) is 0 Å². The largest absolute Gasteiger partial charge is 0.466 e. The van der Waals surface area contributed by atoms with Gasteiger partial charge in [0.05, 0.1) is 7.11 Å². The Balaban J connectivity index is 2.36. The van der Waals surface area contributed by atoms with Crippen molar-refractivity contribution in [2.24, 2.45) is 0 Å². The number of fused-ring (bicyclic) bond motifs is 1. The summed E-state index contributed by atoms with van der Waals surface area (Å²) in [5, 5.41) is 0. The van der Waals surface area contributed by atoms with Crippen LogP contribution in [-0.2, 0) is 9.53 Å². The number of methoxy groups -OCH3 is 1. The van der Waals surface area contributed by atoms with Crippen LogP contribution in [0.3, 0.4) is 0 Å². The quantitative estimate of drug-likeness (QED) is 0.592. The molecule has 1 aliphatic rings. The maximum absolute atomic E-state index is 11.5. The van der Waals surface area contributed by atoms with E-state index in [1.54, 1.807) is 6.08 Å². The van der Waals surface area contributed by atoms with Crippen molar-refractivity contribution in [3.8, 4) is 0 Å². The molecule has 0 aromatic heterocycles. The molecule has 0 amide bonds. The van der Waals surface area contributed by atoms with E-state index in [-0.39, 0.29) is 5.97 Å². The van der Waals surface area contributed by atoms with Crippen molar-refractivity contribution in [3.63, 3.8) is 0 Å². The van der Waals surface area contributed by atoms with E-state index in [0.717, 1.165) is 30.4 Å². The lowest BCUT2D eigenvalue weighted by Crippen LogP contribution is -1.97. The summed E-state index contributed by atoms with van der Waals surface area (Å²) in [7, 11) is 1.41. The molecule has 0 unspecified atom stereocenters. The standard InChI is InChI=1S/C16H18O2/c1-3-4-7-13-10-12-8-5-6-9-14(12)15(13)11-16(17)18-2/h5-6,8-11H,3-4,7H2,1-2H3/b15-11+. The maximum Gasteiger partial charge on any atom is 0.331 e. The molecule has 0 bridgehead atoms. The lowest BCUT2D eigenvalue weighted by Gasteiger charge is -2.06. The summed E-state index contributed by atoms with van der Waals surface area (Å²) in [5.41, 5.74) is 4.59. The van der Waals surface area contributed by atoms with Gasteiger partial charge in [0, 0.05) is 6.08 Å². The SMILES string of the molecule is CCCCC1=Cc2ccccc2/C1=C/C(=O)OC. The van der Waals surface area contributed by atoms with Gasteiger partial charge in [-0.05, 0) is 35.1 Å². The Labute approximate surface area is 108 Å². The number of carbonyl (C=O) groups excluding carboxylic acids is 1. The Bertz CT molecular complexity index is 510. The predicted molar refractivity (Wildman–Crippen MR) is 73.9 cm³/mol. The summed E-state index contributed by atoms with van der Waals surface area (Å²) in [6.45, 7) is 2.17. The molecule has 2 nitrogen and oxygen atoms in total. The van der Waals surface area contributed by atoms with Crippen molar-refractivity contribution in [3.05, 3.63) is 47.0 Å². The first kappa shape index (κ1) is 12.6. The van der Waals surface area contributed by atoms with E-state index in [0.29, 0.717) is 0 Å². The molecule has 1 aromatic carbocycles. The van der Waals surface area contributed by atoms with Gasteiger partial charge in [0.15, 0.2) is 0 Å². The normalized spacial score (nSPS) is 15.4. The smallest absolute Gasteiger partial charge is 0.331 e. The monoisotopic (exact) mass is 242 g/mol. The highest BCUT2D eigenvalue weighted by Gasteiger charge is 2.18. The summed E-state index contributed by atoms with van der Waals surface area (Å²) in [5.74, 6) is -0.288. The van der Waals surface area contributed by atoms with Gasteiger partial charge in [-0.2, -0.15) is 0 Å². The number of benzene rings is 1. The average Bonchev–Trinajstić information content (AvgIpc) is 2.74. The fourth-order valence-electron chi connectivity index (χ4n) is 2.23. The summed E-state index contributed by atoms with van der Waals surface area (Å²) in [6, 6.07) is 8.16. The molecule has 18 heavy (non-hydrogen) atoms. The first-order valence-corrected chi connectivity index (χ1v) is 6.36. The molecule has 94 valence electrons. The topological polar surface area (TPSA) is 26.3 Å². The second-order valence-electron chi connectivity index (χ2n) is 4.44. The highest BCUT2D eigenvalue weighted by atomic mass is 16.5. The average molecular weight is 242 g/mol. The van der Waals surface area contributed by atoms with Gasteiger partial charge in [0.1, 0.15) is 0 Å². The molecule has 2 heteroatoms. The Morgan fingerprint density at radius 3 is 2.83 bits per heavy atom. The molecular formula is C16H18O2. The predicted octanol–water partition coefficient (Wildman–Crippen LogP) is 3.83. The second-order valence-corrected chi connectivity index (χ2v) is 4.44. The highest BCUT2D eigenvalue weighted by molar-refractivity contribution is 6.02. The summed E-state index contributed by atoms with van der Waals surface area (Å²) < 4.78 is 4.74. The molecule has 2 rings (SSSR count). The molecular weight excluding hydrogens is 224 g/mol. The number of carbonyl (C=O) groups is 1. The molecule has 0 N–H and O–H groups in total. The fourth-order valence-corrected chi connectivity index (χ4v) is 2.23. The van der Waals surface area contributed by atoms with E-state index in [1.807, 2.05) is 12.1 Å². The van der Waals surface area contributed by atoms with Crippen LogP contribution in [0, 0.1) is 0 Å². The van der Waals surface area contributed by atoms with Gasteiger partial charge in [-0.3, -0.25) is 0 Å². The number of hydrogen-bond acceptors (Lipinski definition) is 2. The van der Waals surface area contributed by atoms with E-state index in [2.05, 4.69) is 25.1 Å². The molecule has 0 fully saturated rings. The Hall–Kier alpha value is -1.83. The third-order valence-corrected chi connectivity index (χ3v) is 3.19. The zero-order valence-corrected chi connectivity index (χ0v) is 10.9. The summed E-state index contributed by atoms with van der Waals surface area (Å²) in [6.07, 6.45) is 7.08. The van der Waals surface area contributed by atoms with Crippen LogP contribution in [-0.4, -0.2) is 13.1 Å². The number of rotatable bonds is 4. The molecule has 0 radical (unpaired) electrons. The van der Waals surface area contributed by atoms with Gasteiger partial charge in [-0.15, -0.1) is 0 Å². The van der Waals surface area contributed by atoms with Gasteiger partial charge < -0.3 is 4.74 Å². The molecule has 0 saturated heterocycles. The van der Waals surface area contributed by atoms with Crippen LogP contribution in [0.1, 0.15) is 37.3 Å².